The summed E-state index contributed by atoms with van der Waals surface area (Å²) in [6.07, 6.45) is -1.34. The van der Waals surface area contributed by atoms with E-state index in [-0.39, 0.29) is 53.4 Å². The van der Waals surface area contributed by atoms with Crippen LogP contribution in [0.4, 0.5) is 33.3 Å². The highest BCUT2D eigenvalue weighted by Crippen LogP contribution is 2.41. The van der Waals surface area contributed by atoms with Gasteiger partial charge in [0.05, 0.1) is 72.8 Å². The van der Waals surface area contributed by atoms with Crippen LogP contribution in [0.3, 0.4) is 0 Å². The average molecular weight is 1680 g/mol. The van der Waals surface area contributed by atoms with Crippen molar-refractivity contribution in [1.82, 2.24) is 9.97 Å². The lowest BCUT2D eigenvalue weighted by atomic mass is 9.86. The number of aromatic hydroxyl groups is 1. The minimum atomic E-state index is -4.73. The van der Waals surface area contributed by atoms with Gasteiger partial charge in [-0.3, -0.25) is 9.97 Å². The minimum Gasteiger partial charge on any atom is -0.508 e. The zero-order valence-corrected chi connectivity index (χ0v) is 70.6. The number of hydrogen-bond acceptors (Lipinski definition) is 14. The second-order valence-electron chi connectivity index (χ2n) is 31.1. The van der Waals surface area contributed by atoms with Crippen molar-refractivity contribution >= 4 is 35.1 Å². The Morgan fingerprint density at radius 1 is 0.475 bits per heavy atom. The first-order valence-corrected chi connectivity index (χ1v) is 40.5. The molecule has 8 N–H and O–H groups in total. The first-order valence-electron chi connectivity index (χ1n) is 39.7. The van der Waals surface area contributed by atoms with E-state index >= 15 is 0 Å². The molecule has 13 rings (SSSR count). The molecule has 2 atom stereocenters. The van der Waals surface area contributed by atoms with Crippen LogP contribution in [0, 0.1) is 0 Å². The first-order chi connectivity index (χ1) is 58.2. The summed E-state index contributed by atoms with van der Waals surface area (Å²) in [6.45, 7) is 17.0. The van der Waals surface area contributed by atoms with Gasteiger partial charge in [0, 0.05) is 63.0 Å². The van der Waals surface area contributed by atoms with E-state index in [9.17, 15) is 62.2 Å². The number of benzene rings is 11. The van der Waals surface area contributed by atoms with Crippen molar-refractivity contribution < 1.29 is 76.4 Å². The second-order valence-corrected chi connectivity index (χ2v) is 32.2. The Morgan fingerprint density at radius 2 is 0.975 bits per heavy atom. The highest BCUT2D eigenvalue weighted by atomic mass is 32.2. The van der Waals surface area contributed by atoms with Crippen molar-refractivity contribution in [3.63, 3.8) is 0 Å². The van der Waals surface area contributed by atoms with E-state index in [2.05, 4.69) is 64.8 Å². The van der Waals surface area contributed by atoms with Crippen LogP contribution in [-0.2, 0) is 55.5 Å². The van der Waals surface area contributed by atoms with Crippen molar-refractivity contribution in [2.24, 2.45) is 0 Å². The van der Waals surface area contributed by atoms with E-state index in [1.54, 1.807) is 98.2 Å². The van der Waals surface area contributed by atoms with Gasteiger partial charge in [0.1, 0.15) is 34.5 Å². The molecule has 0 fully saturated rings. The Bertz CT molecular complexity index is 5340. The van der Waals surface area contributed by atoms with Crippen molar-refractivity contribution in [2.75, 3.05) is 17.7 Å². The van der Waals surface area contributed by atoms with E-state index in [1.807, 2.05) is 205 Å². The summed E-state index contributed by atoms with van der Waals surface area (Å²) in [5, 5.41) is 64.5. The van der Waals surface area contributed by atoms with Crippen molar-refractivity contribution in [2.45, 2.75) is 152 Å². The van der Waals surface area contributed by atoms with Gasteiger partial charge in [-0.2, -0.15) is 13.2 Å². The number of halogens is 5. The zero-order chi connectivity index (χ0) is 88.2. The Hall–Kier alpha value is -12.7. The number of carboxylic acids is 2. The van der Waals surface area contributed by atoms with Gasteiger partial charge >= 0.3 is 18.1 Å². The Kier molecular flexibility index (Phi) is 33.7. The minimum absolute atomic E-state index is 0.0574. The Morgan fingerprint density at radius 3 is 1.48 bits per heavy atom. The molecule has 634 valence electrons. The van der Waals surface area contributed by atoms with Crippen LogP contribution in [0.25, 0.3) is 11.3 Å². The fourth-order valence-corrected chi connectivity index (χ4v) is 13.5. The number of phenols is 1. The number of pyridine rings is 2. The number of carboxylic acid groups (broad SMARTS) is 2. The summed E-state index contributed by atoms with van der Waals surface area (Å²) in [6, 6.07) is 89.4. The summed E-state index contributed by atoms with van der Waals surface area (Å²) in [5.74, 6) is -0.972. The van der Waals surface area contributed by atoms with Gasteiger partial charge in [-0.05, 0) is 202 Å². The van der Waals surface area contributed by atoms with Gasteiger partial charge < -0.3 is 55.5 Å². The van der Waals surface area contributed by atoms with E-state index in [0.717, 1.165) is 92.4 Å². The number of nitrogens with zero attached hydrogens (tertiary/aromatic N) is 2. The molecule has 0 amide bonds. The van der Waals surface area contributed by atoms with Crippen LogP contribution < -0.4 is 24.8 Å². The van der Waals surface area contributed by atoms with Crippen molar-refractivity contribution in [3.8, 4) is 45.8 Å². The van der Waals surface area contributed by atoms with E-state index in [0.29, 0.717) is 69.5 Å². The van der Waals surface area contributed by atoms with Crippen molar-refractivity contribution in [1.29, 1.82) is 0 Å². The van der Waals surface area contributed by atoms with E-state index in [1.165, 1.54) is 17.3 Å². The maximum atomic E-state index is 13.6. The lowest BCUT2D eigenvalue weighted by Crippen LogP contribution is -2.16. The van der Waals surface area contributed by atoms with Crippen LogP contribution >= 0.6 is 11.8 Å². The van der Waals surface area contributed by atoms with Crippen LogP contribution in [0.1, 0.15) is 175 Å². The summed E-state index contributed by atoms with van der Waals surface area (Å²) in [5.41, 5.74) is 9.75. The molecule has 2 unspecified atom stereocenters. The van der Waals surface area contributed by atoms with Gasteiger partial charge in [0.25, 0.3) is 5.92 Å². The number of nitrogens with one attached hydrogen (secondary N) is 2. The number of ether oxygens (including phenoxy) is 3. The first kappa shape index (κ1) is 93.2. The summed E-state index contributed by atoms with van der Waals surface area (Å²) < 4.78 is 83.4. The predicted molar refractivity (Wildman–Crippen MR) is 473 cm³/mol. The van der Waals surface area contributed by atoms with Crippen LogP contribution in [0.5, 0.6) is 34.5 Å². The Labute approximate surface area is 714 Å². The van der Waals surface area contributed by atoms with Gasteiger partial charge in [0.2, 0.25) is 0 Å². The maximum Gasteiger partial charge on any atom is 0.416 e. The molecule has 0 saturated carbocycles. The molecule has 0 spiro atoms. The molecule has 0 aliphatic rings. The highest BCUT2D eigenvalue weighted by Gasteiger charge is 2.35. The normalized spacial score (nSPS) is 11.8. The smallest absolute Gasteiger partial charge is 0.416 e. The largest absolute Gasteiger partial charge is 0.508 e. The summed E-state index contributed by atoms with van der Waals surface area (Å²) in [7, 11) is 1.56. The number of carbonyl (C=O) groups is 2. The molecule has 13 aromatic rings. The number of aliphatic hydroxyl groups excluding tert-OH is 3. The molecule has 0 aliphatic heterocycles. The molecule has 2 heterocycles. The average Bonchev–Trinajstić information content (AvgIpc) is 0.806. The third-order valence-electron chi connectivity index (χ3n) is 19.5. The lowest BCUT2D eigenvalue weighted by molar-refractivity contribution is -0.137. The molecule has 0 radical (unpaired) electrons. The second kappa shape index (κ2) is 44.0. The van der Waals surface area contributed by atoms with E-state index in [4.69, 9.17) is 14.2 Å². The van der Waals surface area contributed by atoms with Gasteiger partial charge in [-0.25, -0.2) is 18.4 Å². The zero-order valence-electron chi connectivity index (χ0n) is 69.8. The number of methoxy groups -OCH3 is 1. The Balaban J connectivity index is 0.000000175. The fourth-order valence-electron chi connectivity index (χ4n) is 12.5. The topological polar surface area (TPSA) is 233 Å². The molecular formula is C101H103F5N4O11S. The van der Waals surface area contributed by atoms with Crippen LogP contribution in [-0.4, -0.2) is 59.7 Å². The third kappa shape index (κ3) is 28.2. The quantitative estimate of drug-likeness (QED) is 0.0236. The van der Waals surface area contributed by atoms with E-state index < -0.39 is 41.3 Å². The van der Waals surface area contributed by atoms with Gasteiger partial charge in [-0.15, -0.1) is 0 Å². The third-order valence-corrected chi connectivity index (χ3v) is 20.7. The van der Waals surface area contributed by atoms with Gasteiger partial charge in [-0.1, -0.05) is 225 Å². The number of aromatic carboxylic acids is 2. The number of aromatic nitrogens is 2. The number of anilines is 2. The summed E-state index contributed by atoms with van der Waals surface area (Å²) in [4.78, 5) is 33.6. The molecule has 122 heavy (non-hydrogen) atoms. The van der Waals surface area contributed by atoms with Crippen LogP contribution in [0.2, 0.25) is 0 Å². The molecule has 0 saturated heterocycles. The predicted octanol–water partition coefficient (Wildman–Crippen LogP) is 25.2. The molecule has 21 heteroatoms. The van der Waals surface area contributed by atoms with Gasteiger partial charge in [0.15, 0.2) is 0 Å². The maximum absolute atomic E-state index is 13.6. The molecule has 0 aliphatic carbocycles. The monoisotopic (exact) mass is 1670 g/mol. The number of aryl methyl sites for hydroxylation is 2. The summed E-state index contributed by atoms with van der Waals surface area (Å²) >= 11 is 1.17. The highest BCUT2D eigenvalue weighted by molar-refractivity contribution is 7.99. The number of aliphatic hydroxyl groups is 3. The number of phenolic OH excluding ortho intramolecular Hbond substituents is 1. The number of para-hydroxylation sites is 5. The molecule has 11 aromatic carbocycles. The molecule has 15 nitrogen and oxygen atoms in total. The van der Waals surface area contributed by atoms with Crippen molar-refractivity contribution in [3.05, 3.63) is 382 Å². The number of hydrogen-bond donors (Lipinski definition) is 8. The molecule has 2 aromatic heterocycles. The number of alkyl halides is 5. The fraction of sp³-hybridized carbons (Fsp3) is 0.228. The SMILES string of the molecule is CC(C)(C)c1ccc(Sc2ccc(C(C)(C)C)cc2C(=O)O)c(C(=O)O)c1.CC(C)c1ccc(NC(CC(O)c2ccccc2)c2ccccn2)cc1.COc1ccc(-c2cccc(CNc3cc(C(C)(F)F)cc(C(F)(F)F)c3)n2)cc1.OCc1ccccc1Oc1ccccc1CO.Oc1ccccc1CCc1ccccc1Oc1ccccc1. The van der Waals surface area contributed by atoms with Crippen LogP contribution in [0.15, 0.2) is 313 Å². The number of rotatable bonds is 26. The lowest BCUT2D eigenvalue weighted by Gasteiger charge is -2.23. The standard InChI is InChI=1S/C23H26N2O.C22H19F5N2O.C22H26O4S.C20H18O2.C14H14O3/c1-17(2)18-11-13-20(14-12-18)25-22(21-10-6-7-15-24-21)16-23(26)19-8-4-3-5-9-19;1-21(23,24)15-10-16(22(25,26)27)12-18(11-15)28-13-17-4-3-5-20(29-17)14-6-8-19(30-2)9-7-14;1-21(2,3)13-7-9-17(15(11-13)19(23)24)27-18-10-8-14(22(4,5)6)12-16(18)20(25)26;21-19-12-6-4-8-16(19)14-15-17-9-5-7-13-20(17)22-18-10-2-1-3-11-18;15-9-11-5-1-3-7-13(11)17-14-8-4-2-6-12(14)10-16/h3-15,17,22-23,25-26H,16H2,1-2H3;3-12,28H,13H2,1-2H3;7-12H,1-6H3,(H,23,24)(H,25,26);1-13,21H,14-15H2;1-8,15-16H,9-10H2. The molecule has 0 bridgehead atoms. The molecular weight excluding hydrogens is 1570 g/mol.